The zero-order chi connectivity index (χ0) is 20.1. The van der Waals surface area contributed by atoms with Gasteiger partial charge in [-0.15, -0.1) is 0 Å². The van der Waals surface area contributed by atoms with Crippen molar-refractivity contribution < 1.29 is 17.9 Å². The summed E-state index contributed by atoms with van der Waals surface area (Å²) in [4.78, 5) is 15.4. The van der Waals surface area contributed by atoms with E-state index < -0.39 is 22.0 Å². The lowest BCUT2D eigenvalue weighted by Gasteiger charge is -2.20. The summed E-state index contributed by atoms with van der Waals surface area (Å²) >= 11 is 6.10. The van der Waals surface area contributed by atoms with Crippen molar-refractivity contribution in [3.05, 3.63) is 77.3 Å². The predicted octanol–water partition coefficient (Wildman–Crippen LogP) is 2.44. The summed E-state index contributed by atoms with van der Waals surface area (Å²) in [6.45, 7) is 0.220. The lowest BCUT2D eigenvalue weighted by molar-refractivity contribution is 0.0600. The van der Waals surface area contributed by atoms with Crippen LogP contribution in [0.3, 0.4) is 0 Å². The van der Waals surface area contributed by atoms with Crippen LogP contribution in [0, 0.1) is 0 Å². The molecule has 146 valence electrons. The molecule has 2 aromatic carbocycles. The second kappa shape index (κ2) is 8.51. The van der Waals surface area contributed by atoms with Crippen LogP contribution < -0.4 is 4.72 Å². The van der Waals surface area contributed by atoms with Crippen LogP contribution in [-0.2, 0) is 21.3 Å². The van der Waals surface area contributed by atoms with Crippen molar-refractivity contribution in [2.75, 3.05) is 7.11 Å². The van der Waals surface area contributed by atoms with Crippen LogP contribution in [0.2, 0.25) is 5.02 Å². The molecule has 0 saturated heterocycles. The molecule has 3 rings (SSSR count). The third kappa shape index (κ3) is 4.56. The first-order valence-corrected chi connectivity index (χ1v) is 10.0. The van der Waals surface area contributed by atoms with Crippen LogP contribution in [-0.4, -0.2) is 36.3 Å². The van der Waals surface area contributed by atoms with Gasteiger partial charge in [0.25, 0.3) is 0 Å². The Morgan fingerprint density at radius 1 is 1.25 bits per heavy atom. The first-order chi connectivity index (χ1) is 13.4. The number of esters is 1. The van der Waals surface area contributed by atoms with Crippen LogP contribution in [0.1, 0.15) is 22.0 Å². The van der Waals surface area contributed by atoms with Gasteiger partial charge in [0.05, 0.1) is 30.3 Å². The minimum Gasteiger partial charge on any atom is -0.465 e. The van der Waals surface area contributed by atoms with Crippen molar-refractivity contribution in [2.45, 2.75) is 17.5 Å². The van der Waals surface area contributed by atoms with E-state index in [1.807, 2.05) is 18.2 Å². The number of rotatable bonds is 7. The lowest BCUT2D eigenvalue weighted by atomic mass is 10.1. The maximum atomic E-state index is 13.0. The van der Waals surface area contributed by atoms with Gasteiger partial charge in [-0.3, -0.25) is 4.68 Å². The lowest BCUT2D eigenvalue weighted by Crippen LogP contribution is -2.32. The second-order valence-electron chi connectivity index (χ2n) is 5.84. The molecular weight excluding hydrogens is 404 g/mol. The van der Waals surface area contributed by atoms with Crippen LogP contribution in [0.25, 0.3) is 0 Å². The average molecular weight is 421 g/mol. The summed E-state index contributed by atoms with van der Waals surface area (Å²) in [6.07, 6.45) is 2.86. The first-order valence-electron chi connectivity index (χ1n) is 8.18. The van der Waals surface area contributed by atoms with Crippen molar-refractivity contribution in [3.8, 4) is 0 Å². The molecule has 0 amide bonds. The van der Waals surface area contributed by atoms with E-state index in [1.54, 1.807) is 12.1 Å². The van der Waals surface area contributed by atoms with Crippen molar-refractivity contribution >= 4 is 27.6 Å². The Hall–Kier alpha value is -2.75. The molecule has 3 aromatic rings. The highest BCUT2D eigenvalue weighted by molar-refractivity contribution is 7.89. The summed E-state index contributed by atoms with van der Waals surface area (Å²) < 4.78 is 34.9. The third-order valence-electron chi connectivity index (χ3n) is 3.98. The van der Waals surface area contributed by atoms with E-state index in [9.17, 15) is 13.2 Å². The fourth-order valence-electron chi connectivity index (χ4n) is 2.62. The molecule has 1 heterocycles. The van der Waals surface area contributed by atoms with Gasteiger partial charge in [0.15, 0.2) is 0 Å². The normalized spacial score (nSPS) is 12.5. The molecule has 8 nitrogen and oxygen atoms in total. The van der Waals surface area contributed by atoms with Gasteiger partial charge >= 0.3 is 5.97 Å². The fraction of sp³-hybridized carbons (Fsp3) is 0.167. The van der Waals surface area contributed by atoms with E-state index in [4.69, 9.17) is 11.6 Å². The standard InChI is InChI=1S/C18H17ClN4O4S/c1-27-18(24)14-7-8-15(19)17(9-14)28(25,26)22-16(10-23-12-20-11-21-23)13-5-3-2-4-6-13/h2-9,11-12,16,22H,10H2,1H3/t16-/m1/s1. The molecule has 0 bridgehead atoms. The average Bonchev–Trinajstić information content (AvgIpc) is 3.20. The maximum absolute atomic E-state index is 13.0. The SMILES string of the molecule is COC(=O)c1ccc(Cl)c(S(=O)(=O)N[C@H](Cn2cncn2)c2ccccc2)c1. The van der Waals surface area contributed by atoms with E-state index in [0.29, 0.717) is 0 Å². The highest BCUT2D eigenvalue weighted by Crippen LogP contribution is 2.25. The Morgan fingerprint density at radius 2 is 2.00 bits per heavy atom. The zero-order valence-electron chi connectivity index (χ0n) is 14.8. The quantitative estimate of drug-likeness (QED) is 0.589. The number of halogens is 1. The molecule has 0 aliphatic rings. The minimum atomic E-state index is -4.06. The van der Waals surface area contributed by atoms with E-state index in [0.717, 1.165) is 5.56 Å². The van der Waals surface area contributed by atoms with Gasteiger partial charge in [0.2, 0.25) is 10.0 Å². The second-order valence-corrected chi connectivity index (χ2v) is 7.93. The van der Waals surface area contributed by atoms with Crippen LogP contribution in [0.5, 0.6) is 0 Å². The molecule has 0 fully saturated rings. The number of ether oxygens (including phenoxy) is 1. The van der Waals surface area contributed by atoms with Crippen molar-refractivity contribution in [1.82, 2.24) is 19.5 Å². The number of carbonyl (C=O) groups excluding carboxylic acids is 1. The van der Waals surface area contributed by atoms with Gasteiger partial charge in [-0.1, -0.05) is 41.9 Å². The molecule has 1 aromatic heterocycles. The van der Waals surface area contributed by atoms with Crippen LogP contribution in [0.15, 0.2) is 66.1 Å². The Bertz CT molecular complexity index is 1060. The monoisotopic (exact) mass is 420 g/mol. The molecule has 0 radical (unpaired) electrons. The fourth-order valence-corrected chi connectivity index (χ4v) is 4.36. The Balaban J connectivity index is 1.96. The summed E-state index contributed by atoms with van der Waals surface area (Å²) in [5.74, 6) is -0.657. The highest BCUT2D eigenvalue weighted by Gasteiger charge is 2.25. The van der Waals surface area contributed by atoms with Gasteiger partial charge in [-0.05, 0) is 23.8 Å². The molecule has 10 heteroatoms. The number of hydrogen-bond acceptors (Lipinski definition) is 6. The van der Waals surface area contributed by atoms with E-state index in [2.05, 4.69) is 19.5 Å². The Kier molecular flexibility index (Phi) is 6.08. The summed E-state index contributed by atoms with van der Waals surface area (Å²) in [5, 5.41) is 4.03. The van der Waals surface area contributed by atoms with Gasteiger partial charge in [-0.25, -0.2) is 22.9 Å². The van der Waals surface area contributed by atoms with E-state index in [1.165, 1.54) is 42.6 Å². The number of hydrogen-bond donors (Lipinski definition) is 1. The van der Waals surface area contributed by atoms with E-state index >= 15 is 0 Å². The first kappa shape index (κ1) is 20.0. The molecule has 1 atom stereocenters. The van der Waals surface area contributed by atoms with Gasteiger partial charge < -0.3 is 4.74 Å². The number of sulfonamides is 1. The van der Waals surface area contributed by atoms with Crippen LogP contribution >= 0.6 is 11.6 Å². The summed E-state index contributed by atoms with van der Waals surface area (Å²) in [5.41, 5.74) is 0.821. The maximum Gasteiger partial charge on any atom is 0.337 e. The third-order valence-corrected chi connectivity index (χ3v) is 5.93. The van der Waals surface area contributed by atoms with Gasteiger partial charge in [-0.2, -0.15) is 5.10 Å². The molecule has 0 spiro atoms. The summed E-state index contributed by atoms with van der Waals surface area (Å²) in [7, 11) is -2.84. The summed E-state index contributed by atoms with van der Waals surface area (Å²) in [6, 6.07) is 12.4. The topological polar surface area (TPSA) is 103 Å². The molecule has 0 aliphatic carbocycles. The van der Waals surface area contributed by atoms with Crippen molar-refractivity contribution in [2.24, 2.45) is 0 Å². The number of nitrogens with one attached hydrogen (secondary N) is 1. The smallest absolute Gasteiger partial charge is 0.337 e. The van der Waals surface area contributed by atoms with Gasteiger partial charge in [0.1, 0.15) is 17.6 Å². The highest BCUT2D eigenvalue weighted by atomic mass is 35.5. The largest absolute Gasteiger partial charge is 0.465 e. The molecule has 1 N–H and O–H groups in total. The molecule has 0 saturated carbocycles. The predicted molar refractivity (Wildman–Crippen MR) is 102 cm³/mol. The Morgan fingerprint density at radius 3 is 2.64 bits per heavy atom. The molecule has 0 unspecified atom stereocenters. The number of nitrogens with zero attached hydrogens (tertiary/aromatic N) is 3. The minimum absolute atomic E-state index is 0.00674. The number of aromatic nitrogens is 3. The molecule has 0 aliphatic heterocycles. The number of methoxy groups -OCH3 is 1. The van der Waals surface area contributed by atoms with E-state index in [-0.39, 0.29) is 22.0 Å². The molecule has 28 heavy (non-hydrogen) atoms. The zero-order valence-corrected chi connectivity index (χ0v) is 16.4. The number of carbonyl (C=O) groups is 1. The Labute approximate surface area is 167 Å². The number of benzene rings is 2. The van der Waals surface area contributed by atoms with Crippen LogP contribution in [0.4, 0.5) is 0 Å². The van der Waals surface area contributed by atoms with Crippen molar-refractivity contribution in [1.29, 1.82) is 0 Å². The van der Waals surface area contributed by atoms with Gasteiger partial charge in [0, 0.05) is 0 Å². The molecular formula is C18H17ClN4O4S. The van der Waals surface area contributed by atoms with Crippen molar-refractivity contribution in [3.63, 3.8) is 0 Å².